The first kappa shape index (κ1) is 16.5. The van der Waals surface area contributed by atoms with Crippen LogP contribution in [-0.2, 0) is 6.18 Å². The average Bonchev–Trinajstić information content (AvgIpc) is 2.98. The fraction of sp³-hybridized carbons (Fsp3) is 0.0714. The van der Waals surface area contributed by atoms with Gasteiger partial charge in [-0.1, -0.05) is 34.4 Å². The molecule has 10 heteroatoms. The second kappa shape index (κ2) is 6.29. The summed E-state index contributed by atoms with van der Waals surface area (Å²) in [6, 6.07) is 9.43. The largest absolute Gasteiger partial charge is 0.416 e. The molecule has 1 aromatic heterocycles. The molecule has 0 saturated heterocycles. The summed E-state index contributed by atoms with van der Waals surface area (Å²) in [6.45, 7) is 0. The van der Waals surface area contributed by atoms with Crippen molar-refractivity contribution in [3.63, 3.8) is 0 Å². The predicted octanol–water partition coefficient (Wildman–Crippen LogP) is 4.73. The van der Waals surface area contributed by atoms with Gasteiger partial charge in [-0.05, 0) is 46.8 Å². The van der Waals surface area contributed by atoms with Gasteiger partial charge in [-0.3, -0.25) is 0 Å². The number of rotatable bonds is 3. The van der Waals surface area contributed by atoms with Gasteiger partial charge in [0.25, 0.3) is 5.95 Å². The third-order valence-corrected chi connectivity index (χ3v) is 3.80. The van der Waals surface area contributed by atoms with Crippen molar-refractivity contribution < 1.29 is 13.2 Å². The molecule has 0 aliphatic heterocycles. The van der Waals surface area contributed by atoms with Crippen molar-refractivity contribution in [2.75, 3.05) is 5.32 Å². The minimum atomic E-state index is -4.46. The fourth-order valence-corrected chi connectivity index (χ4v) is 2.25. The number of hydrogen-bond acceptors (Lipinski definition) is 4. The summed E-state index contributed by atoms with van der Waals surface area (Å²) in [4.78, 5) is 0. The Morgan fingerprint density at radius 1 is 1.00 bits per heavy atom. The minimum Gasteiger partial charge on any atom is -0.323 e. The second-order valence-corrected chi connectivity index (χ2v) is 5.53. The summed E-state index contributed by atoms with van der Waals surface area (Å²) in [5.74, 6) is 0.132. The van der Waals surface area contributed by atoms with Crippen molar-refractivity contribution >= 4 is 34.8 Å². The van der Waals surface area contributed by atoms with E-state index in [1.54, 1.807) is 18.2 Å². The second-order valence-electron chi connectivity index (χ2n) is 4.72. The van der Waals surface area contributed by atoms with Gasteiger partial charge in [0.05, 0.1) is 21.3 Å². The third kappa shape index (κ3) is 3.44. The standard InChI is InChI=1S/C14H8Cl2F3N5/c15-11-5-4-9(7-12(11)16)20-13-21-22-23-24(13)10-3-1-2-8(6-10)14(17,18)19/h1-7H,(H,20,21,23). The van der Waals surface area contributed by atoms with Crippen LogP contribution in [0.15, 0.2) is 42.5 Å². The zero-order valence-corrected chi connectivity index (χ0v) is 13.2. The van der Waals surface area contributed by atoms with Crippen LogP contribution in [0.25, 0.3) is 5.69 Å². The van der Waals surface area contributed by atoms with Crippen LogP contribution in [0.1, 0.15) is 5.56 Å². The maximum Gasteiger partial charge on any atom is 0.416 e. The third-order valence-electron chi connectivity index (χ3n) is 3.06. The monoisotopic (exact) mass is 373 g/mol. The Balaban J connectivity index is 1.94. The number of hydrogen-bond donors (Lipinski definition) is 1. The summed E-state index contributed by atoms with van der Waals surface area (Å²) < 4.78 is 39.7. The van der Waals surface area contributed by atoms with Crippen molar-refractivity contribution in [1.29, 1.82) is 0 Å². The summed E-state index contributed by atoms with van der Waals surface area (Å²) in [6.07, 6.45) is -4.46. The zero-order valence-electron chi connectivity index (χ0n) is 11.7. The predicted molar refractivity (Wildman–Crippen MR) is 83.9 cm³/mol. The SMILES string of the molecule is FC(F)(F)c1cccc(-n2nnnc2Nc2ccc(Cl)c(Cl)c2)c1. The lowest BCUT2D eigenvalue weighted by molar-refractivity contribution is -0.137. The lowest BCUT2D eigenvalue weighted by Gasteiger charge is -2.10. The highest BCUT2D eigenvalue weighted by atomic mass is 35.5. The van der Waals surface area contributed by atoms with E-state index >= 15 is 0 Å². The Labute approximate surface area is 144 Å². The van der Waals surface area contributed by atoms with Gasteiger partial charge >= 0.3 is 6.18 Å². The van der Waals surface area contributed by atoms with Crippen molar-refractivity contribution in [2.45, 2.75) is 6.18 Å². The normalized spacial score (nSPS) is 11.5. The molecule has 5 nitrogen and oxygen atoms in total. The van der Waals surface area contributed by atoms with Gasteiger partial charge in [0.15, 0.2) is 0 Å². The molecule has 0 saturated carbocycles. The van der Waals surface area contributed by atoms with Crippen LogP contribution >= 0.6 is 23.2 Å². The molecule has 0 aliphatic rings. The van der Waals surface area contributed by atoms with Crippen molar-refractivity contribution in [1.82, 2.24) is 20.2 Å². The van der Waals surface area contributed by atoms with Gasteiger partial charge in [0, 0.05) is 5.69 Å². The number of benzene rings is 2. The Kier molecular flexibility index (Phi) is 4.33. The lowest BCUT2D eigenvalue weighted by Crippen LogP contribution is -2.08. The molecule has 3 aromatic rings. The Morgan fingerprint density at radius 2 is 1.79 bits per heavy atom. The Morgan fingerprint density at radius 3 is 2.50 bits per heavy atom. The molecule has 2 aromatic carbocycles. The van der Waals surface area contributed by atoms with Crippen molar-refractivity contribution in [3.8, 4) is 5.69 Å². The highest BCUT2D eigenvalue weighted by Crippen LogP contribution is 2.31. The van der Waals surface area contributed by atoms with Crippen LogP contribution in [0.5, 0.6) is 0 Å². The quantitative estimate of drug-likeness (QED) is 0.720. The van der Waals surface area contributed by atoms with E-state index in [9.17, 15) is 13.2 Å². The molecule has 0 atom stereocenters. The summed E-state index contributed by atoms with van der Waals surface area (Å²) in [5.41, 5.74) is -0.0965. The number of nitrogens with one attached hydrogen (secondary N) is 1. The van der Waals surface area contributed by atoms with E-state index in [2.05, 4.69) is 20.8 Å². The van der Waals surface area contributed by atoms with Crippen LogP contribution in [0.4, 0.5) is 24.8 Å². The molecule has 24 heavy (non-hydrogen) atoms. The molecular weight excluding hydrogens is 366 g/mol. The van der Waals surface area contributed by atoms with Crippen LogP contribution in [0, 0.1) is 0 Å². The van der Waals surface area contributed by atoms with Crippen LogP contribution in [0.2, 0.25) is 10.0 Å². The van der Waals surface area contributed by atoms with E-state index in [-0.39, 0.29) is 11.6 Å². The van der Waals surface area contributed by atoms with E-state index < -0.39 is 11.7 Å². The van der Waals surface area contributed by atoms with Crippen LogP contribution in [0.3, 0.4) is 0 Å². The smallest absolute Gasteiger partial charge is 0.323 e. The number of nitrogens with zero attached hydrogens (tertiary/aromatic N) is 4. The molecule has 1 N–H and O–H groups in total. The van der Waals surface area contributed by atoms with Crippen LogP contribution < -0.4 is 5.32 Å². The molecule has 0 fully saturated rings. The molecule has 124 valence electrons. The van der Waals surface area contributed by atoms with Crippen molar-refractivity contribution in [2.24, 2.45) is 0 Å². The van der Waals surface area contributed by atoms with Gasteiger partial charge in [-0.25, -0.2) is 0 Å². The number of alkyl halides is 3. The fourth-order valence-electron chi connectivity index (χ4n) is 1.96. The van der Waals surface area contributed by atoms with E-state index in [0.29, 0.717) is 15.7 Å². The van der Waals surface area contributed by atoms with Gasteiger partial charge in [-0.15, -0.1) is 0 Å². The number of anilines is 2. The molecule has 0 spiro atoms. The average molecular weight is 374 g/mol. The Bertz CT molecular complexity index is 879. The lowest BCUT2D eigenvalue weighted by atomic mass is 10.2. The number of aromatic nitrogens is 4. The molecule has 0 radical (unpaired) electrons. The van der Waals surface area contributed by atoms with Gasteiger partial charge in [0.2, 0.25) is 0 Å². The number of tetrazole rings is 1. The molecule has 3 rings (SSSR count). The van der Waals surface area contributed by atoms with E-state index in [0.717, 1.165) is 16.8 Å². The van der Waals surface area contributed by atoms with E-state index in [1.807, 2.05) is 0 Å². The highest BCUT2D eigenvalue weighted by Gasteiger charge is 2.30. The van der Waals surface area contributed by atoms with E-state index in [4.69, 9.17) is 23.2 Å². The van der Waals surface area contributed by atoms with Gasteiger partial charge in [-0.2, -0.15) is 17.9 Å². The van der Waals surface area contributed by atoms with Gasteiger partial charge < -0.3 is 5.32 Å². The summed E-state index contributed by atoms with van der Waals surface area (Å²) >= 11 is 11.8. The first-order valence-corrected chi connectivity index (χ1v) is 7.28. The molecule has 0 bridgehead atoms. The maximum atomic E-state index is 12.8. The first-order valence-electron chi connectivity index (χ1n) is 6.53. The molecule has 1 heterocycles. The van der Waals surface area contributed by atoms with Gasteiger partial charge in [0.1, 0.15) is 0 Å². The molecule has 0 unspecified atom stereocenters. The minimum absolute atomic E-state index is 0.132. The van der Waals surface area contributed by atoms with Crippen molar-refractivity contribution in [3.05, 3.63) is 58.1 Å². The molecule has 0 aliphatic carbocycles. The zero-order chi connectivity index (χ0) is 17.3. The number of halogens is 5. The first-order chi connectivity index (χ1) is 11.3. The Hall–Kier alpha value is -2.32. The van der Waals surface area contributed by atoms with Crippen LogP contribution in [-0.4, -0.2) is 20.2 Å². The summed E-state index contributed by atoms with van der Waals surface area (Å²) in [7, 11) is 0. The topological polar surface area (TPSA) is 55.6 Å². The summed E-state index contributed by atoms with van der Waals surface area (Å²) in [5, 5.41) is 14.5. The maximum absolute atomic E-state index is 12.8. The van der Waals surface area contributed by atoms with E-state index in [1.165, 1.54) is 12.1 Å². The molecule has 0 amide bonds. The highest BCUT2D eigenvalue weighted by molar-refractivity contribution is 6.42. The molecular formula is C14H8Cl2F3N5.